The molecule has 0 saturated heterocycles. The van der Waals surface area contributed by atoms with Crippen LogP contribution in [0.2, 0.25) is 0 Å². The number of methoxy groups -OCH3 is 1. The number of aryl methyl sites for hydroxylation is 1. The van der Waals surface area contributed by atoms with Crippen molar-refractivity contribution in [3.63, 3.8) is 0 Å². The minimum atomic E-state index is -0.838. The summed E-state index contributed by atoms with van der Waals surface area (Å²) in [5.74, 6) is 0.707. The van der Waals surface area contributed by atoms with Gasteiger partial charge in [-0.15, -0.1) is 0 Å². The van der Waals surface area contributed by atoms with Gasteiger partial charge in [0.25, 0.3) is 0 Å². The molecule has 0 spiro atoms. The predicted molar refractivity (Wildman–Crippen MR) is 114 cm³/mol. The number of carbonyl (C=O) groups is 1. The number of nitrogens with one attached hydrogen (secondary N) is 1. The van der Waals surface area contributed by atoms with Crippen molar-refractivity contribution in [3.8, 4) is 11.5 Å². The lowest BCUT2D eigenvalue weighted by Crippen LogP contribution is -2.37. The molecule has 0 bridgehead atoms. The summed E-state index contributed by atoms with van der Waals surface area (Å²) in [5, 5.41) is 12.5. The average Bonchev–Trinajstić information content (AvgIpc) is 2.64. The number of carboxylic acid groups (broad SMARTS) is 1. The highest BCUT2D eigenvalue weighted by atomic mass is 79.9. The summed E-state index contributed by atoms with van der Waals surface area (Å²) in [7, 11) is 1.60. The third-order valence-electron chi connectivity index (χ3n) is 4.35. The Morgan fingerprint density at radius 2 is 1.96 bits per heavy atom. The van der Waals surface area contributed by atoms with Crippen LogP contribution in [0.15, 0.2) is 40.9 Å². The smallest absolute Gasteiger partial charge is 0.320 e. The summed E-state index contributed by atoms with van der Waals surface area (Å²) in [6, 6.07) is 11.3. The minimum Gasteiger partial charge on any atom is -0.493 e. The largest absolute Gasteiger partial charge is 0.493 e. The van der Waals surface area contributed by atoms with Crippen LogP contribution in [0, 0.1) is 12.8 Å². The van der Waals surface area contributed by atoms with Crippen LogP contribution in [0.5, 0.6) is 11.5 Å². The van der Waals surface area contributed by atoms with Gasteiger partial charge in [0.05, 0.1) is 7.11 Å². The first-order chi connectivity index (χ1) is 13.3. The Morgan fingerprint density at radius 1 is 1.21 bits per heavy atom. The van der Waals surface area contributed by atoms with Crippen LogP contribution in [0.25, 0.3) is 0 Å². The summed E-state index contributed by atoms with van der Waals surface area (Å²) >= 11 is 3.56. The summed E-state index contributed by atoms with van der Waals surface area (Å²) in [6.07, 6.45) is 0.571. The van der Waals surface area contributed by atoms with Crippen molar-refractivity contribution >= 4 is 21.9 Å². The monoisotopic (exact) mass is 449 g/mol. The summed E-state index contributed by atoms with van der Waals surface area (Å²) in [5.41, 5.74) is 3.18. The van der Waals surface area contributed by atoms with Crippen LogP contribution in [-0.2, 0) is 17.9 Å². The second kappa shape index (κ2) is 10.5. The van der Waals surface area contributed by atoms with E-state index in [2.05, 4.69) is 27.3 Å². The zero-order chi connectivity index (χ0) is 20.7. The SMILES string of the molecule is COc1cc(CNC(CC(C)C)C(=O)O)c(Br)cc1OCc1cccc(C)c1. The number of halogens is 1. The lowest BCUT2D eigenvalue weighted by Gasteiger charge is -2.18. The molecule has 1 unspecified atom stereocenters. The fraction of sp³-hybridized carbons (Fsp3) is 0.409. The molecule has 0 aliphatic carbocycles. The molecule has 2 rings (SSSR count). The predicted octanol–water partition coefficient (Wildman–Crippen LogP) is 4.93. The standard InChI is InChI=1S/C22H28BrNO4/c1-14(2)8-19(22(25)26)24-12-17-10-20(27-4)21(11-18(17)23)28-13-16-7-5-6-15(3)9-16/h5-7,9-11,14,19,24H,8,12-13H2,1-4H3,(H,25,26). The Morgan fingerprint density at radius 3 is 2.57 bits per heavy atom. The van der Waals surface area contributed by atoms with Gasteiger partial charge in [0.1, 0.15) is 12.6 Å². The lowest BCUT2D eigenvalue weighted by atomic mass is 10.0. The molecule has 5 nitrogen and oxygen atoms in total. The molecule has 2 N–H and O–H groups in total. The van der Waals surface area contributed by atoms with Gasteiger partial charge in [0.2, 0.25) is 0 Å². The molecule has 2 aromatic carbocycles. The highest BCUT2D eigenvalue weighted by molar-refractivity contribution is 9.10. The van der Waals surface area contributed by atoms with Crippen LogP contribution in [0.3, 0.4) is 0 Å². The van der Waals surface area contributed by atoms with Crippen molar-refractivity contribution < 1.29 is 19.4 Å². The van der Waals surface area contributed by atoms with Crippen molar-refractivity contribution in [2.24, 2.45) is 5.92 Å². The molecule has 0 aliphatic rings. The zero-order valence-electron chi connectivity index (χ0n) is 16.8. The molecule has 1 atom stereocenters. The van der Waals surface area contributed by atoms with Gasteiger partial charge in [-0.3, -0.25) is 4.79 Å². The van der Waals surface area contributed by atoms with Crippen molar-refractivity contribution in [2.75, 3.05) is 7.11 Å². The number of rotatable bonds is 10. The van der Waals surface area contributed by atoms with Gasteiger partial charge in [-0.2, -0.15) is 0 Å². The third-order valence-corrected chi connectivity index (χ3v) is 5.09. The molecule has 0 radical (unpaired) electrons. The van der Waals surface area contributed by atoms with E-state index in [0.717, 1.165) is 15.6 Å². The van der Waals surface area contributed by atoms with E-state index in [0.29, 0.717) is 37.0 Å². The first-order valence-corrected chi connectivity index (χ1v) is 10.1. The fourth-order valence-corrected chi connectivity index (χ4v) is 3.39. The third kappa shape index (κ3) is 6.53. The lowest BCUT2D eigenvalue weighted by molar-refractivity contribution is -0.140. The molecule has 2 aromatic rings. The fourth-order valence-electron chi connectivity index (χ4n) is 2.92. The molecule has 28 heavy (non-hydrogen) atoms. The van der Waals surface area contributed by atoms with E-state index >= 15 is 0 Å². The van der Waals surface area contributed by atoms with E-state index in [-0.39, 0.29) is 0 Å². The number of ether oxygens (including phenoxy) is 2. The number of hydrogen-bond donors (Lipinski definition) is 2. The van der Waals surface area contributed by atoms with Crippen molar-refractivity contribution in [1.82, 2.24) is 5.32 Å². The highest BCUT2D eigenvalue weighted by Crippen LogP contribution is 2.34. The molecular formula is C22H28BrNO4. The maximum atomic E-state index is 11.4. The maximum Gasteiger partial charge on any atom is 0.320 e. The van der Waals surface area contributed by atoms with Crippen LogP contribution in [0.4, 0.5) is 0 Å². The van der Waals surface area contributed by atoms with Gasteiger partial charge in [0.15, 0.2) is 11.5 Å². The van der Waals surface area contributed by atoms with Crippen molar-refractivity contribution in [1.29, 1.82) is 0 Å². The molecule has 0 saturated carbocycles. The van der Waals surface area contributed by atoms with E-state index in [1.165, 1.54) is 5.56 Å². The first-order valence-electron chi connectivity index (χ1n) is 9.31. The zero-order valence-corrected chi connectivity index (χ0v) is 18.4. The highest BCUT2D eigenvalue weighted by Gasteiger charge is 2.19. The molecule has 0 aliphatic heterocycles. The van der Waals surface area contributed by atoms with Gasteiger partial charge in [-0.05, 0) is 42.5 Å². The van der Waals surface area contributed by atoms with Gasteiger partial charge in [-0.1, -0.05) is 59.6 Å². The van der Waals surface area contributed by atoms with E-state index in [1.807, 2.05) is 51.1 Å². The van der Waals surface area contributed by atoms with Crippen LogP contribution in [-0.4, -0.2) is 24.2 Å². The number of benzene rings is 2. The molecule has 0 fully saturated rings. The van der Waals surface area contributed by atoms with E-state index in [9.17, 15) is 9.90 Å². The molecule has 6 heteroatoms. The molecule has 0 aromatic heterocycles. The topological polar surface area (TPSA) is 67.8 Å². The molecule has 0 amide bonds. The van der Waals surface area contributed by atoms with Gasteiger partial charge in [0, 0.05) is 11.0 Å². The molecule has 0 heterocycles. The van der Waals surface area contributed by atoms with E-state index < -0.39 is 12.0 Å². The van der Waals surface area contributed by atoms with E-state index in [4.69, 9.17) is 9.47 Å². The van der Waals surface area contributed by atoms with Crippen LogP contribution in [0.1, 0.15) is 37.0 Å². The van der Waals surface area contributed by atoms with Crippen LogP contribution < -0.4 is 14.8 Å². The quantitative estimate of drug-likeness (QED) is 0.537. The van der Waals surface area contributed by atoms with Crippen LogP contribution >= 0.6 is 15.9 Å². The number of aliphatic carboxylic acids is 1. The molecular weight excluding hydrogens is 422 g/mol. The second-order valence-corrected chi connectivity index (χ2v) is 8.13. The summed E-state index contributed by atoms with van der Waals surface area (Å²) < 4.78 is 12.3. The number of carboxylic acids is 1. The van der Waals surface area contributed by atoms with E-state index in [1.54, 1.807) is 7.11 Å². The van der Waals surface area contributed by atoms with Crippen molar-refractivity contribution in [3.05, 3.63) is 57.6 Å². The summed E-state index contributed by atoms with van der Waals surface area (Å²) in [6.45, 7) is 6.93. The molecule has 152 valence electrons. The van der Waals surface area contributed by atoms with Gasteiger partial charge in [-0.25, -0.2) is 0 Å². The minimum absolute atomic E-state index is 0.295. The Hall–Kier alpha value is -2.05. The van der Waals surface area contributed by atoms with Crippen molar-refractivity contribution in [2.45, 2.75) is 46.4 Å². The normalized spacial score (nSPS) is 12.1. The Balaban J connectivity index is 2.10. The Kier molecular flexibility index (Phi) is 8.33. The Labute approximate surface area is 175 Å². The summed E-state index contributed by atoms with van der Waals surface area (Å²) in [4.78, 5) is 11.4. The van der Waals surface area contributed by atoms with Gasteiger partial charge < -0.3 is 19.9 Å². The maximum absolute atomic E-state index is 11.4. The Bertz CT molecular complexity index is 807. The number of hydrogen-bond acceptors (Lipinski definition) is 4. The average molecular weight is 450 g/mol. The first kappa shape index (κ1) is 22.2. The second-order valence-electron chi connectivity index (χ2n) is 7.27. The van der Waals surface area contributed by atoms with Gasteiger partial charge >= 0.3 is 5.97 Å².